The van der Waals surface area contributed by atoms with E-state index in [1.807, 2.05) is 31.2 Å². The fourth-order valence-electron chi connectivity index (χ4n) is 1.38. The van der Waals surface area contributed by atoms with Gasteiger partial charge < -0.3 is 5.73 Å². The highest BCUT2D eigenvalue weighted by molar-refractivity contribution is 7.99. The number of rotatable bonds is 3. The first-order valence-electron chi connectivity index (χ1n) is 5.30. The maximum atomic E-state index is 5.80. The Balaban J connectivity index is 2.11. The monoisotopic (exact) mass is 264 g/mol. The molecule has 2 rings (SSSR count). The number of aromatic nitrogens is 1. The highest BCUT2D eigenvalue weighted by atomic mass is 35.5. The molecular weight excluding hydrogens is 252 g/mol. The molecule has 1 unspecified atom stereocenters. The fraction of sp³-hybridized carbons (Fsp3) is 0.154. The number of nitrogens with two attached hydrogens (primary N) is 1. The lowest BCUT2D eigenvalue weighted by Gasteiger charge is -2.06. The zero-order valence-corrected chi connectivity index (χ0v) is 11.0. The van der Waals surface area contributed by atoms with Gasteiger partial charge in [0.15, 0.2) is 0 Å². The zero-order chi connectivity index (χ0) is 12.3. The van der Waals surface area contributed by atoms with Gasteiger partial charge in [-0.05, 0) is 36.8 Å². The van der Waals surface area contributed by atoms with E-state index in [0.29, 0.717) is 5.02 Å². The topological polar surface area (TPSA) is 38.9 Å². The van der Waals surface area contributed by atoms with Crippen molar-refractivity contribution in [2.75, 3.05) is 0 Å². The summed E-state index contributed by atoms with van der Waals surface area (Å²) in [4.78, 5) is 5.38. The molecule has 0 aliphatic carbocycles. The molecule has 0 saturated carbocycles. The Hall–Kier alpha value is -1.03. The molecule has 1 aromatic carbocycles. The molecule has 1 aromatic heterocycles. The lowest BCUT2D eigenvalue weighted by atomic mass is 10.1. The Morgan fingerprint density at radius 2 is 1.88 bits per heavy atom. The minimum absolute atomic E-state index is 0.0720. The molecule has 0 aliphatic heterocycles. The lowest BCUT2D eigenvalue weighted by molar-refractivity contribution is 0.817. The second-order valence-electron chi connectivity index (χ2n) is 3.77. The molecule has 1 heterocycles. The standard InChI is InChI=1S/C13H13ClN2S/c1-9(15)10-2-5-12(6-3-10)17-13-7-4-11(14)8-16-13/h2-9H,15H2,1H3. The highest BCUT2D eigenvalue weighted by Crippen LogP contribution is 2.27. The van der Waals surface area contributed by atoms with Gasteiger partial charge in [0.1, 0.15) is 5.03 Å². The van der Waals surface area contributed by atoms with Crippen LogP contribution in [-0.2, 0) is 0 Å². The Morgan fingerprint density at radius 1 is 1.18 bits per heavy atom. The molecule has 2 aromatic rings. The average molecular weight is 265 g/mol. The van der Waals surface area contributed by atoms with Crippen LogP contribution in [0.1, 0.15) is 18.5 Å². The smallest absolute Gasteiger partial charge is 0.101 e. The predicted molar refractivity (Wildman–Crippen MR) is 72.4 cm³/mol. The first kappa shape index (κ1) is 12.4. The van der Waals surface area contributed by atoms with Crippen LogP contribution in [0.25, 0.3) is 0 Å². The SMILES string of the molecule is CC(N)c1ccc(Sc2ccc(Cl)cn2)cc1. The Labute approximate surface area is 110 Å². The summed E-state index contributed by atoms with van der Waals surface area (Å²) in [5.41, 5.74) is 6.94. The van der Waals surface area contributed by atoms with Crippen molar-refractivity contribution in [2.45, 2.75) is 22.9 Å². The van der Waals surface area contributed by atoms with Crippen molar-refractivity contribution in [1.29, 1.82) is 0 Å². The maximum Gasteiger partial charge on any atom is 0.101 e. The first-order chi connectivity index (χ1) is 8.15. The largest absolute Gasteiger partial charge is 0.324 e. The fourth-order valence-corrected chi connectivity index (χ4v) is 2.25. The van der Waals surface area contributed by atoms with E-state index in [1.54, 1.807) is 18.0 Å². The van der Waals surface area contributed by atoms with Crippen LogP contribution < -0.4 is 5.73 Å². The van der Waals surface area contributed by atoms with Crippen LogP contribution in [0, 0.1) is 0 Å². The van der Waals surface area contributed by atoms with Crippen LogP contribution in [0.2, 0.25) is 5.02 Å². The average Bonchev–Trinajstić information content (AvgIpc) is 2.33. The van der Waals surface area contributed by atoms with Crippen LogP contribution in [0.5, 0.6) is 0 Å². The van der Waals surface area contributed by atoms with Gasteiger partial charge >= 0.3 is 0 Å². The summed E-state index contributed by atoms with van der Waals surface area (Å²) in [7, 11) is 0. The molecule has 88 valence electrons. The number of hydrogen-bond acceptors (Lipinski definition) is 3. The number of benzene rings is 1. The molecule has 0 radical (unpaired) electrons. The maximum absolute atomic E-state index is 5.80. The van der Waals surface area contributed by atoms with Crippen molar-refractivity contribution in [1.82, 2.24) is 4.98 Å². The quantitative estimate of drug-likeness (QED) is 0.914. The summed E-state index contributed by atoms with van der Waals surface area (Å²) >= 11 is 7.39. The lowest BCUT2D eigenvalue weighted by Crippen LogP contribution is -2.04. The van der Waals surface area contributed by atoms with E-state index in [2.05, 4.69) is 17.1 Å². The van der Waals surface area contributed by atoms with Crippen LogP contribution in [0.3, 0.4) is 0 Å². The van der Waals surface area contributed by atoms with Crippen molar-refractivity contribution in [3.05, 3.63) is 53.2 Å². The third kappa shape index (κ3) is 3.46. The summed E-state index contributed by atoms with van der Waals surface area (Å²) in [6, 6.07) is 12.0. The van der Waals surface area contributed by atoms with E-state index >= 15 is 0 Å². The van der Waals surface area contributed by atoms with Crippen molar-refractivity contribution in [3.8, 4) is 0 Å². The second-order valence-corrected chi connectivity index (χ2v) is 5.30. The summed E-state index contributed by atoms with van der Waals surface area (Å²) in [5, 5.41) is 1.59. The van der Waals surface area contributed by atoms with Crippen molar-refractivity contribution in [2.24, 2.45) is 5.73 Å². The number of hydrogen-bond donors (Lipinski definition) is 1. The predicted octanol–water partition coefficient (Wildman–Crippen LogP) is 3.91. The molecular formula is C13H13ClN2S. The number of pyridine rings is 1. The number of nitrogens with zero attached hydrogens (tertiary/aromatic N) is 1. The summed E-state index contributed by atoms with van der Waals surface area (Å²) in [6.45, 7) is 1.98. The van der Waals surface area contributed by atoms with Gasteiger partial charge in [0.2, 0.25) is 0 Å². The Morgan fingerprint density at radius 3 is 2.41 bits per heavy atom. The Bertz CT molecular complexity index is 480. The van der Waals surface area contributed by atoms with Gasteiger partial charge in [-0.25, -0.2) is 4.98 Å². The normalized spacial score (nSPS) is 12.4. The van der Waals surface area contributed by atoms with E-state index in [0.717, 1.165) is 15.5 Å². The van der Waals surface area contributed by atoms with Crippen LogP contribution >= 0.6 is 23.4 Å². The number of halogens is 1. The molecule has 0 fully saturated rings. The second kappa shape index (κ2) is 5.54. The highest BCUT2D eigenvalue weighted by Gasteiger charge is 2.01. The molecule has 17 heavy (non-hydrogen) atoms. The Kier molecular flexibility index (Phi) is 4.05. The first-order valence-corrected chi connectivity index (χ1v) is 6.49. The van der Waals surface area contributed by atoms with Crippen molar-refractivity contribution in [3.63, 3.8) is 0 Å². The summed E-state index contributed by atoms with van der Waals surface area (Å²) < 4.78 is 0. The summed E-state index contributed by atoms with van der Waals surface area (Å²) in [5.74, 6) is 0. The van der Waals surface area contributed by atoms with Crippen LogP contribution in [0.15, 0.2) is 52.5 Å². The third-order valence-electron chi connectivity index (χ3n) is 2.33. The minimum Gasteiger partial charge on any atom is -0.324 e. The van der Waals surface area contributed by atoms with E-state index < -0.39 is 0 Å². The van der Waals surface area contributed by atoms with Gasteiger partial charge in [-0.3, -0.25) is 0 Å². The molecule has 2 nitrogen and oxygen atoms in total. The third-order valence-corrected chi connectivity index (χ3v) is 3.51. The van der Waals surface area contributed by atoms with E-state index in [4.69, 9.17) is 17.3 Å². The molecule has 0 saturated heterocycles. The molecule has 0 bridgehead atoms. The van der Waals surface area contributed by atoms with Gasteiger partial charge in [0.25, 0.3) is 0 Å². The van der Waals surface area contributed by atoms with E-state index in [-0.39, 0.29) is 6.04 Å². The zero-order valence-electron chi connectivity index (χ0n) is 9.43. The van der Waals surface area contributed by atoms with Crippen LogP contribution in [0.4, 0.5) is 0 Å². The van der Waals surface area contributed by atoms with E-state index in [1.165, 1.54) is 0 Å². The molecule has 4 heteroatoms. The molecule has 0 aliphatic rings. The van der Waals surface area contributed by atoms with Crippen LogP contribution in [-0.4, -0.2) is 4.98 Å². The minimum atomic E-state index is 0.0720. The van der Waals surface area contributed by atoms with Gasteiger partial charge in [-0.1, -0.05) is 35.5 Å². The van der Waals surface area contributed by atoms with Gasteiger partial charge in [0.05, 0.1) is 5.02 Å². The molecule has 2 N–H and O–H groups in total. The van der Waals surface area contributed by atoms with Crippen molar-refractivity contribution >= 4 is 23.4 Å². The van der Waals surface area contributed by atoms with Gasteiger partial charge in [-0.15, -0.1) is 0 Å². The summed E-state index contributed by atoms with van der Waals surface area (Å²) in [6.07, 6.45) is 1.65. The molecule has 1 atom stereocenters. The van der Waals surface area contributed by atoms with E-state index in [9.17, 15) is 0 Å². The van der Waals surface area contributed by atoms with Crippen molar-refractivity contribution < 1.29 is 0 Å². The van der Waals surface area contributed by atoms with Gasteiger partial charge in [0, 0.05) is 17.1 Å². The molecule has 0 spiro atoms. The molecule has 0 amide bonds. The van der Waals surface area contributed by atoms with Gasteiger partial charge in [-0.2, -0.15) is 0 Å².